The van der Waals surface area contributed by atoms with E-state index in [1.165, 1.54) is 6.42 Å². The van der Waals surface area contributed by atoms with Gasteiger partial charge in [0, 0.05) is 25.0 Å². The zero-order valence-corrected chi connectivity index (χ0v) is 23.0. The van der Waals surface area contributed by atoms with Crippen molar-refractivity contribution in [1.82, 2.24) is 20.0 Å². The van der Waals surface area contributed by atoms with E-state index < -0.39 is 5.54 Å². The van der Waals surface area contributed by atoms with Crippen molar-refractivity contribution in [1.29, 1.82) is 0 Å². The molecule has 6 rings (SSSR count). The van der Waals surface area contributed by atoms with Gasteiger partial charge in [0.15, 0.2) is 16.6 Å². The first kappa shape index (κ1) is 26.3. The molecule has 1 aliphatic carbocycles. The maximum absolute atomic E-state index is 13.6. The lowest BCUT2D eigenvalue weighted by Crippen LogP contribution is -2.64. The van der Waals surface area contributed by atoms with Crippen LogP contribution in [0.2, 0.25) is 0 Å². The van der Waals surface area contributed by atoms with Gasteiger partial charge in [0.25, 0.3) is 0 Å². The normalized spacial score (nSPS) is 28.6. The van der Waals surface area contributed by atoms with E-state index in [9.17, 15) is 14.4 Å². The van der Waals surface area contributed by atoms with Crippen LogP contribution in [0.1, 0.15) is 56.9 Å². The highest BCUT2D eigenvalue weighted by molar-refractivity contribution is 7.80. The number of nitrogens with one attached hydrogen (secondary N) is 1. The predicted molar refractivity (Wildman–Crippen MR) is 147 cm³/mol. The Morgan fingerprint density at radius 2 is 1.79 bits per heavy atom. The molecule has 210 valence electrons. The average molecular weight is 556 g/mol. The number of hydrogen-bond donors (Lipinski definition) is 2. The highest BCUT2D eigenvalue weighted by Crippen LogP contribution is 2.38. The monoisotopic (exact) mass is 555 g/mol. The first-order valence-electron chi connectivity index (χ1n) is 14.2. The van der Waals surface area contributed by atoms with Gasteiger partial charge in [-0.2, -0.15) is 0 Å². The molecule has 3 N–H and O–H groups in total. The van der Waals surface area contributed by atoms with Crippen LogP contribution >= 0.6 is 12.2 Å². The molecule has 3 unspecified atom stereocenters. The zero-order valence-electron chi connectivity index (χ0n) is 22.2. The number of benzene rings is 1. The fourth-order valence-corrected chi connectivity index (χ4v) is 7.46. The van der Waals surface area contributed by atoms with Crippen LogP contribution in [0.3, 0.4) is 0 Å². The Morgan fingerprint density at radius 1 is 1.05 bits per heavy atom. The number of rotatable bonds is 5. The second-order valence-electron chi connectivity index (χ2n) is 11.6. The van der Waals surface area contributed by atoms with Crippen molar-refractivity contribution in [2.75, 3.05) is 33.0 Å². The van der Waals surface area contributed by atoms with E-state index in [4.69, 9.17) is 27.4 Å². The molecular weight excluding hydrogens is 518 g/mol. The number of nitrogens with two attached hydrogens (primary N) is 1. The van der Waals surface area contributed by atoms with Gasteiger partial charge >= 0.3 is 0 Å². The van der Waals surface area contributed by atoms with E-state index in [1.54, 1.807) is 4.90 Å². The second-order valence-corrected chi connectivity index (χ2v) is 11.9. The zero-order chi connectivity index (χ0) is 27.1. The number of ether oxygens (including phenoxy) is 2. The SMILES string of the molecule is NC(=O)C1(N2CCCCC2)CCN(C(=O)C2CCC3C(=O)N(Cc4ccc5c(c4)OCO5)C(=S)NC3C2)CC1. The highest BCUT2D eigenvalue weighted by Gasteiger charge is 2.48. The molecule has 4 aliphatic heterocycles. The van der Waals surface area contributed by atoms with Crippen LogP contribution in [0, 0.1) is 11.8 Å². The summed E-state index contributed by atoms with van der Waals surface area (Å²) in [6.45, 7) is 3.43. The van der Waals surface area contributed by atoms with Crippen LogP contribution in [0.4, 0.5) is 0 Å². The average Bonchev–Trinajstić information content (AvgIpc) is 3.43. The van der Waals surface area contributed by atoms with Crippen molar-refractivity contribution in [3.05, 3.63) is 23.8 Å². The number of thiocarbonyl (C=S) groups is 1. The predicted octanol–water partition coefficient (Wildman–Crippen LogP) is 1.75. The molecule has 11 heteroatoms. The van der Waals surface area contributed by atoms with Crippen molar-refractivity contribution < 1.29 is 23.9 Å². The summed E-state index contributed by atoms with van der Waals surface area (Å²) >= 11 is 5.61. The lowest BCUT2D eigenvalue weighted by molar-refractivity contribution is -0.147. The van der Waals surface area contributed by atoms with Crippen LogP contribution in [-0.4, -0.2) is 82.1 Å². The lowest BCUT2D eigenvalue weighted by atomic mass is 9.75. The minimum atomic E-state index is -0.639. The number of hydrogen-bond acceptors (Lipinski definition) is 7. The molecule has 3 amide bonds. The fraction of sp³-hybridized carbons (Fsp3) is 0.643. The summed E-state index contributed by atoms with van der Waals surface area (Å²) in [5.74, 6) is 0.873. The van der Waals surface area contributed by atoms with E-state index in [-0.39, 0.29) is 42.4 Å². The summed E-state index contributed by atoms with van der Waals surface area (Å²) in [5, 5.41) is 3.77. The van der Waals surface area contributed by atoms with Gasteiger partial charge in [0.05, 0.1) is 12.5 Å². The van der Waals surface area contributed by atoms with Crippen molar-refractivity contribution in [2.45, 2.75) is 69.5 Å². The Balaban J connectivity index is 1.06. The molecule has 0 aromatic heterocycles. The Hall–Kier alpha value is -2.92. The molecule has 4 fully saturated rings. The summed E-state index contributed by atoms with van der Waals surface area (Å²) in [7, 11) is 0. The van der Waals surface area contributed by atoms with E-state index in [1.807, 2.05) is 23.1 Å². The molecule has 3 atom stereocenters. The number of piperidine rings is 2. The summed E-state index contributed by atoms with van der Waals surface area (Å²) in [4.78, 5) is 45.4. The van der Waals surface area contributed by atoms with Crippen molar-refractivity contribution >= 4 is 35.1 Å². The van der Waals surface area contributed by atoms with Crippen LogP contribution < -0.4 is 20.5 Å². The number of carbonyl (C=O) groups excluding carboxylic acids is 3. The third-order valence-corrected chi connectivity index (χ3v) is 9.78. The minimum Gasteiger partial charge on any atom is -0.454 e. The van der Waals surface area contributed by atoms with Gasteiger partial charge in [-0.15, -0.1) is 0 Å². The van der Waals surface area contributed by atoms with Gasteiger partial charge in [-0.05, 0) is 87.9 Å². The Labute approximate surface area is 234 Å². The van der Waals surface area contributed by atoms with Crippen molar-refractivity contribution in [3.63, 3.8) is 0 Å². The molecule has 0 spiro atoms. The number of likely N-dealkylation sites (tertiary alicyclic amines) is 2. The number of fused-ring (bicyclic) bond motifs is 2. The van der Waals surface area contributed by atoms with Gasteiger partial charge < -0.3 is 25.4 Å². The smallest absolute Gasteiger partial charge is 0.238 e. The summed E-state index contributed by atoms with van der Waals surface area (Å²) in [5.41, 5.74) is 6.21. The molecule has 0 bridgehead atoms. The molecule has 1 aromatic rings. The first-order valence-corrected chi connectivity index (χ1v) is 14.6. The standard InChI is InChI=1S/C28H37N5O5S/c29-26(36)28(32-10-2-1-3-11-32)8-12-31(13-9-28)24(34)19-5-6-20-21(15-19)30-27(39)33(25(20)35)16-18-4-7-22-23(14-18)38-17-37-22/h4,7,14,19-21H,1-3,5-6,8-13,15-17H2,(H2,29,36)(H,30,39). The van der Waals surface area contributed by atoms with Crippen LogP contribution in [-0.2, 0) is 20.9 Å². The molecule has 0 radical (unpaired) electrons. The van der Waals surface area contributed by atoms with Crippen molar-refractivity contribution in [2.24, 2.45) is 17.6 Å². The maximum atomic E-state index is 13.6. The van der Waals surface area contributed by atoms with Crippen LogP contribution in [0.15, 0.2) is 18.2 Å². The first-order chi connectivity index (χ1) is 18.9. The van der Waals surface area contributed by atoms with Gasteiger partial charge in [-0.25, -0.2) is 0 Å². The molecule has 1 aromatic carbocycles. The molecule has 39 heavy (non-hydrogen) atoms. The molecule has 10 nitrogen and oxygen atoms in total. The van der Waals surface area contributed by atoms with Crippen LogP contribution in [0.5, 0.6) is 11.5 Å². The highest BCUT2D eigenvalue weighted by atomic mass is 32.1. The molecule has 4 heterocycles. The van der Waals surface area contributed by atoms with E-state index in [0.717, 1.165) is 31.5 Å². The molecule has 1 saturated carbocycles. The Morgan fingerprint density at radius 3 is 2.54 bits per heavy atom. The van der Waals surface area contributed by atoms with Gasteiger partial charge in [0.2, 0.25) is 24.5 Å². The number of carbonyl (C=O) groups is 3. The summed E-state index contributed by atoms with van der Waals surface area (Å²) in [6.07, 6.45) is 6.42. The fourth-order valence-electron chi connectivity index (χ4n) is 7.15. The number of amides is 3. The lowest BCUT2D eigenvalue weighted by Gasteiger charge is -2.49. The minimum absolute atomic E-state index is 0.0121. The quantitative estimate of drug-likeness (QED) is 0.528. The van der Waals surface area contributed by atoms with Gasteiger partial charge in [0.1, 0.15) is 5.54 Å². The van der Waals surface area contributed by atoms with E-state index in [0.29, 0.717) is 68.3 Å². The van der Waals surface area contributed by atoms with Gasteiger partial charge in [-0.3, -0.25) is 24.2 Å². The second kappa shape index (κ2) is 10.6. The third kappa shape index (κ3) is 4.84. The van der Waals surface area contributed by atoms with Gasteiger partial charge in [-0.1, -0.05) is 12.5 Å². The third-order valence-electron chi connectivity index (χ3n) is 9.44. The molecular formula is C28H37N5O5S. The Kier molecular flexibility index (Phi) is 7.13. The topological polar surface area (TPSA) is 117 Å². The summed E-state index contributed by atoms with van der Waals surface area (Å²) < 4.78 is 10.9. The Bertz CT molecular complexity index is 1160. The number of primary amides is 1. The maximum Gasteiger partial charge on any atom is 0.238 e. The largest absolute Gasteiger partial charge is 0.454 e. The van der Waals surface area contributed by atoms with E-state index in [2.05, 4.69) is 10.2 Å². The summed E-state index contributed by atoms with van der Waals surface area (Å²) in [6, 6.07) is 5.50. The van der Waals surface area contributed by atoms with Crippen LogP contribution in [0.25, 0.3) is 0 Å². The number of nitrogens with zero attached hydrogens (tertiary/aromatic N) is 3. The van der Waals surface area contributed by atoms with Crippen molar-refractivity contribution in [3.8, 4) is 11.5 Å². The molecule has 3 saturated heterocycles. The van der Waals surface area contributed by atoms with E-state index >= 15 is 0 Å². The molecule has 5 aliphatic rings.